The van der Waals surface area contributed by atoms with Gasteiger partial charge in [-0.2, -0.15) is 4.72 Å². The van der Waals surface area contributed by atoms with Crippen LogP contribution < -0.4 is 4.72 Å². The van der Waals surface area contributed by atoms with Crippen LogP contribution in [-0.2, 0) is 14.8 Å². The van der Waals surface area contributed by atoms with Gasteiger partial charge in [0, 0.05) is 31.7 Å². The summed E-state index contributed by atoms with van der Waals surface area (Å²) in [5, 5.41) is 1.80. The van der Waals surface area contributed by atoms with Gasteiger partial charge in [-0.05, 0) is 66.6 Å². The highest BCUT2D eigenvalue weighted by Crippen LogP contribution is 2.21. The molecule has 0 bridgehead atoms. The predicted molar refractivity (Wildman–Crippen MR) is 135 cm³/mol. The Morgan fingerprint density at radius 3 is 2.56 bits per heavy atom. The summed E-state index contributed by atoms with van der Waals surface area (Å²) >= 11 is 0. The first-order chi connectivity index (χ1) is 16.4. The van der Waals surface area contributed by atoms with E-state index in [2.05, 4.69) is 21.6 Å². The van der Waals surface area contributed by atoms with Gasteiger partial charge in [0.15, 0.2) is 0 Å². The summed E-state index contributed by atoms with van der Waals surface area (Å²) < 4.78 is 29.2. The van der Waals surface area contributed by atoms with Crippen molar-refractivity contribution in [2.24, 2.45) is 10.9 Å². The zero-order chi connectivity index (χ0) is 24.0. The molecule has 8 heteroatoms. The number of fused-ring (bicyclic) bond motifs is 1. The SMILES string of the molecule is CC1CCN(C(=O)[C@H](CCC=Nc2ccncc2)NS(=O)(=O)c2ccc3ccccc3c2)CC1. The standard InChI is InChI=1S/C26H30N4O3S/c1-20-12-17-30(18-13-20)26(31)25(7-4-14-28-23-10-15-27-16-11-23)29-34(32,33)24-9-8-21-5-2-3-6-22(21)19-24/h2-3,5-6,8-11,14-16,19-20,25,29H,4,7,12-13,17-18H2,1H3/t25-/m0/s1. The van der Waals surface area contributed by atoms with Crippen molar-refractivity contribution in [3.63, 3.8) is 0 Å². The molecule has 2 heterocycles. The minimum Gasteiger partial charge on any atom is -0.341 e. The van der Waals surface area contributed by atoms with E-state index in [0.29, 0.717) is 31.8 Å². The fourth-order valence-corrected chi connectivity index (χ4v) is 5.37. The molecule has 7 nitrogen and oxygen atoms in total. The fourth-order valence-electron chi connectivity index (χ4n) is 4.11. The molecule has 1 aliphatic rings. The first kappa shape index (κ1) is 24.0. The van der Waals surface area contributed by atoms with Gasteiger partial charge in [0.2, 0.25) is 15.9 Å². The molecule has 1 fully saturated rings. The fraction of sp³-hybridized carbons (Fsp3) is 0.346. The van der Waals surface area contributed by atoms with Crippen molar-refractivity contribution in [3.8, 4) is 0 Å². The van der Waals surface area contributed by atoms with Gasteiger partial charge in [0.05, 0.1) is 10.6 Å². The number of sulfonamides is 1. The average Bonchev–Trinajstić information content (AvgIpc) is 2.86. The van der Waals surface area contributed by atoms with Gasteiger partial charge in [0.1, 0.15) is 6.04 Å². The number of carbonyl (C=O) groups is 1. The first-order valence-corrected chi connectivity index (χ1v) is 13.1. The number of benzene rings is 2. The summed E-state index contributed by atoms with van der Waals surface area (Å²) in [5.74, 6) is 0.401. The Kier molecular flexibility index (Phi) is 7.70. The molecule has 178 valence electrons. The molecule has 4 rings (SSSR count). The number of amides is 1. The van der Waals surface area contributed by atoms with Crippen LogP contribution in [0, 0.1) is 5.92 Å². The predicted octanol–water partition coefficient (Wildman–Crippen LogP) is 4.32. The number of aliphatic imine (C=N–C) groups is 1. The Morgan fingerprint density at radius 2 is 1.82 bits per heavy atom. The summed E-state index contributed by atoms with van der Waals surface area (Å²) in [7, 11) is -3.88. The maximum absolute atomic E-state index is 13.3. The molecule has 1 atom stereocenters. The number of rotatable bonds is 8. The molecule has 2 aromatic carbocycles. The van der Waals surface area contributed by atoms with Crippen LogP contribution in [0.2, 0.25) is 0 Å². The molecule has 0 spiro atoms. The average molecular weight is 479 g/mol. The maximum atomic E-state index is 13.3. The van der Waals surface area contributed by atoms with Crippen LogP contribution in [0.1, 0.15) is 32.6 Å². The number of piperidine rings is 1. The summed E-state index contributed by atoms with van der Waals surface area (Å²) in [5.41, 5.74) is 0.764. The topological polar surface area (TPSA) is 91.7 Å². The Bertz CT molecular complexity index is 1250. The van der Waals surface area contributed by atoms with Crippen LogP contribution in [0.3, 0.4) is 0 Å². The lowest BCUT2D eigenvalue weighted by Gasteiger charge is -2.33. The van der Waals surface area contributed by atoms with Crippen molar-refractivity contribution in [3.05, 3.63) is 67.0 Å². The van der Waals surface area contributed by atoms with Gasteiger partial charge >= 0.3 is 0 Å². The lowest BCUT2D eigenvalue weighted by molar-refractivity contribution is -0.134. The highest BCUT2D eigenvalue weighted by molar-refractivity contribution is 7.89. The number of hydrogen-bond donors (Lipinski definition) is 1. The molecule has 1 N–H and O–H groups in total. The van der Waals surface area contributed by atoms with Crippen LogP contribution in [0.5, 0.6) is 0 Å². The van der Waals surface area contributed by atoms with Crippen molar-refractivity contribution < 1.29 is 13.2 Å². The summed E-state index contributed by atoms with van der Waals surface area (Å²) in [6.45, 7) is 3.48. The number of nitrogens with zero attached hydrogens (tertiary/aromatic N) is 3. The summed E-state index contributed by atoms with van der Waals surface area (Å²) in [6.07, 6.45) is 7.69. The Morgan fingerprint density at radius 1 is 1.12 bits per heavy atom. The van der Waals surface area contributed by atoms with E-state index in [1.165, 1.54) is 0 Å². The monoisotopic (exact) mass is 478 g/mol. The normalized spacial score (nSPS) is 16.2. The third-order valence-electron chi connectivity index (χ3n) is 6.21. The maximum Gasteiger partial charge on any atom is 0.241 e. The molecule has 0 saturated carbocycles. The summed E-state index contributed by atoms with van der Waals surface area (Å²) in [6, 6.07) is 15.3. The number of pyridine rings is 1. The van der Waals surface area contributed by atoms with Crippen LogP contribution in [-0.4, -0.2) is 49.6 Å². The molecule has 0 unspecified atom stereocenters. The van der Waals surface area contributed by atoms with Crippen molar-refractivity contribution in [2.45, 2.75) is 43.5 Å². The Labute approximate surface area is 201 Å². The van der Waals surface area contributed by atoms with E-state index in [1.54, 1.807) is 53.8 Å². The number of aromatic nitrogens is 1. The molecular formula is C26H30N4O3S. The highest BCUT2D eigenvalue weighted by atomic mass is 32.2. The number of hydrogen-bond acceptors (Lipinski definition) is 5. The van der Waals surface area contributed by atoms with E-state index in [9.17, 15) is 13.2 Å². The van der Waals surface area contributed by atoms with Gasteiger partial charge in [-0.25, -0.2) is 8.42 Å². The number of carbonyl (C=O) groups excluding carboxylic acids is 1. The van der Waals surface area contributed by atoms with Crippen LogP contribution in [0.25, 0.3) is 10.8 Å². The van der Waals surface area contributed by atoms with Crippen molar-refractivity contribution in [2.75, 3.05) is 13.1 Å². The minimum absolute atomic E-state index is 0.154. The van der Waals surface area contributed by atoms with Gasteiger partial charge < -0.3 is 4.90 Å². The van der Waals surface area contributed by atoms with E-state index in [0.717, 1.165) is 29.3 Å². The van der Waals surface area contributed by atoms with Gasteiger partial charge in [-0.3, -0.25) is 14.8 Å². The van der Waals surface area contributed by atoms with E-state index in [-0.39, 0.29) is 10.8 Å². The van der Waals surface area contributed by atoms with E-state index >= 15 is 0 Å². The molecule has 1 amide bonds. The second-order valence-corrected chi connectivity index (χ2v) is 10.5. The van der Waals surface area contributed by atoms with E-state index < -0.39 is 16.1 Å². The molecule has 34 heavy (non-hydrogen) atoms. The molecule has 1 saturated heterocycles. The Balaban J connectivity index is 1.51. The van der Waals surface area contributed by atoms with Gasteiger partial charge in [-0.15, -0.1) is 0 Å². The first-order valence-electron chi connectivity index (χ1n) is 11.6. The Hall–Kier alpha value is -3.10. The number of likely N-dealkylation sites (tertiary alicyclic amines) is 1. The van der Waals surface area contributed by atoms with Crippen molar-refractivity contribution >= 4 is 38.6 Å². The van der Waals surface area contributed by atoms with Crippen molar-refractivity contribution in [1.82, 2.24) is 14.6 Å². The molecule has 1 aliphatic heterocycles. The third kappa shape index (κ3) is 6.07. The van der Waals surface area contributed by atoms with Gasteiger partial charge in [0.25, 0.3) is 0 Å². The third-order valence-corrected chi connectivity index (χ3v) is 7.68. The zero-order valence-corrected chi connectivity index (χ0v) is 20.1. The zero-order valence-electron chi connectivity index (χ0n) is 19.3. The lowest BCUT2D eigenvalue weighted by atomic mass is 9.98. The van der Waals surface area contributed by atoms with Crippen LogP contribution >= 0.6 is 0 Å². The van der Waals surface area contributed by atoms with Crippen LogP contribution in [0.15, 0.2) is 76.9 Å². The van der Waals surface area contributed by atoms with Crippen molar-refractivity contribution in [1.29, 1.82) is 0 Å². The lowest BCUT2D eigenvalue weighted by Crippen LogP contribution is -2.50. The summed E-state index contributed by atoms with van der Waals surface area (Å²) in [4.78, 5) is 23.6. The second-order valence-electron chi connectivity index (χ2n) is 8.79. The van der Waals surface area contributed by atoms with Gasteiger partial charge in [-0.1, -0.05) is 37.3 Å². The van der Waals surface area contributed by atoms with E-state index in [1.807, 2.05) is 24.3 Å². The smallest absolute Gasteiger partial charge is 0.241 e. The van der Waals surface area contributed by atoms with E-state index in [4.69, 9.17) is 0 Å². The number of nitrogens with one attached hydrogen (secondary N) is 1. The highest BCUT2D eigenvalue weighted by Gasteiger charge is 2.30. The molecule has 0 radical (unpaired) electrons. The molecule has 1 aromatic heterocycles. The largest absolute Gasteiger partial charge is 0.341 e. The molecular weight excluding hydrogens is 448 g/mol. The molecule has 3 aromatic rings. The van der Waals surface area contributed by atoms with Crippen LogP contribution in [0.4, 0.5) is 5.69 Å². The quantitative estimate of drug-likeness (QED) is 0.488. The minimum atomic E-state index is -3.88. The second kappa shape index (κ2) is 10.9. The molecule has 0 aliphatic carbocycles.